The predicted molar refractivity (Wildman–Crippen MR) is 93.1 cm³/mol. The van der Waals surface area contributed by atoms with Gasteiger partial charge in [-0.2, -0.15) is 0 Å². The fraction of sp³-hybridized carbons (Fsp3) is 0.333. The number of nitrogens with zero attached hydrogens (tertiary/aromatic N) is 4. The Labute approximate surface area is 146 Å². The number of hydrogen-bond acceptors (Lipinski definition) is 4. The van der Waals surface area contributed by atoms with Crippen LogP contribution < -0.4 is 5.73 Å². The Kier molecular flexibility index (Phi) is 5.23. The van der Waals surface area contributed by atoms with Crippen molar-refractivity contribution in [1.29, 1.82) is 0 Å². The Morgan fingerprint density at radius 3 is 2.60 bits per heavy atom. The van der Waals surface area contributed by atoms with Crippen LogP contribution in [0.1, 0.15) is 24.1 Å². The molecule has 2 N–H and O–H groups in total. The molecule has 3 rings (SSSR count). The zero-order valence-electron chi connectivity index (χ0n) is 13.9. The van der Waals surface area contributed by atoms with Crippen molar-refractivity contribution in [3.05, 3.63) is 53.9 Å². The Hall–Kier alpha value is -2.96. The van der Waals surface area contributed by atoms with Gasteiger partial charge in [-0.3, -0.25) is 9.59 Å². The lowest BCUT2D eigenvalue weighted by Gasteiger charge is -2.29. The van der Waals surface area contributed by atoms with Gasteiger partial charge in [0.2, 0.25) is 11.8 Å². The highest BCUT2D eigenvalue weighted by atomic mass is 16.2. The number of benzene rings is 1. The van der Waals surface area contributed by atoms with E-state index in [4.69, 9.17) is 5.73 Å². The number of aromatic nitrogens is 3. The maximum absolute atomic E-state index is 12.2. The molecule has 0 radical (unpaired) electrons. The SMILES string of the molecule is NC(=O)C1CCN(C(=O)C=Cc2cn(Cc3ccccc3)nn2)CC1. The molecular formula is C18H21N5O2. The predicted octanol–water partition coefficient (Wildman–Crippen LogP) is 1.06. The number of carbonyl (C=O) groups excluding carboxylic acids is 2. The van der Waals surface area contributed by atoms with E-state index in [0.717, 1.165) is 5.56 Å². The van der Waals surface area contributed by atoms with Gasteiger partial charge in [0.15, 0.2) is 0 Å². The third-order valence-corrected chi connectivity index (χ3v) is 4.35. The Morgan fingerprint density at radius 1 is 1.20 bits per heavy atom. The van der Waals surface area contributed by atoms with E-state index in [1.54, 1.807) is 21.9 Å². The third-order valence-electron chi connectivity index (χ3n) is 4.35. The van der Waals surface area contributed by atoms with Crippen LogP contribution in [0.5, 0.6) is 0 Å². The molecule has 1 saturated heterocycles. The minimum atomic E-state index is -0.280. The van der Waals surface area contributed by atoms with E-state index in [2.05, 4.69) is 10.3 Å². The smallest absolute Gasteiger partial charge is 0.246 e. The molecule has 2 heterocycles. The first kappa shape index (κ1) is 16.9. The summed E-state index contributed by atoms with van der Waals surface area (Å²) in [6.07, 6.45) is 6.22. The number of piperidine rings is 1. The number of carbonyl (C=O) groups is 2. The van der Waals surface area contributed by atoms with Gasteiger partial charge in [-0.25, -0.2) is 4.68 Å². The lowest BCUT2D eigenvalue weighted by atomic mass is 9.96. The second-order valence-electron chi connectivity index (χ2n) is 6.16. The van der Waals surface area contributed by atoms with Crippen molar-refractivity contribution >= 4 is 17.9 Å². The van der Waals surface area contributed by atoms with Crippen LogP contribution in [0, 0.1) is 5.92 Å². The summed E-state index contributed by atoms with van der Waals surface area (Å²) in [6, 6.07) is 9.98. The Balaban J connectivity index is 1.54. The second kappa shape index (κ2) is 7.74. The zero-order valence-corrected chi connectivity index (χ0v) is 13.9. The van der Waals surface area contributed by atoms with Crippen molar-refractivity contribution in [1.82, 2.24) is 19.9 Å². The van der Waals surface area contributed by atoms with Crippen LogP contribution in [0.15, 0.2) is 42.6 Å². The average molecular weight is 339 g/mol. The van der Waals surface area contributed by atoms with Gasteiger partial charge in [0.25, 0.3) is 0 Å². The molecule has 1 aromatic carbocycles. The summed E-state index contributed by atoms with van der Waals surface area (Å²) in [4.78, 5) is 25.1. The fourth-order valence-electron chi connectivity index (χ4n) is 2.88. The van der Waals surface area contributed by atoms with Crippen LogP contribution >= 0.6 is 0 Å². The molecule has 0 bridgehead atoms. The van der Waals surface area contributed by atoms with Crippen molar-refractivity contribution in [2.75, 3.05) is 13.1 Å². The molecule has 0 aliphatic carbocycles. The number of nitrogens with two attached hydrogens (primary N) is 1. The molecule has 0 atom stereocenters. The highest BCUT2D eigenvalue weighted by molar-refractivity contribution is 5.91. The van der Waals surface area contributed by atoms with Gasteiger partial charge in [0.05, 0.1) is 12.7 Å². The quantitative estimate of drug-likeness (QED) is 0.824. The summed E-state index contributed by atoms with van der Waals surface area (Å²) in [6.45, 7) is 1.74. The van der Waals surface area contributed by atoms with Gasteiger partial charge in [-0.05, 0) is 24.5 Å². The van der Waals surface area contributed by atoms with Crippen LogP contribution in [0.25, 0.3) is 6.08 Å². The van der Waals surface area contributed by atoms with Crippen LogP contribution in [0.4, 0.5) is 0 Å². The van der Waals surface area contributed by atoms with Gasteiger partial charge < -0.3 is 10.6 Å². The molecule has 130 valence electrons. The first-order valence-corrected chi connectivity index (χ1v) is 8.32. The topological polar surface area (TPSA) is 94.1 Å². The number of likely N-dealkylation sites (tertiary alicyclic amines) is 1. The summed E-state index contributed by atoms with van der Waals surface area (Å²) in [5.74, 6) is -0.482. The summed E-state index contributed by atoms with van der Waals surface area (Å²) in [5, 5.41) is 8.13. The van der Waals surface area contributed by atoms with Crippen LogP contribution in [0.2, 0.25) is 0 Å². The van der Waals surface area contributed by atoms with Crippen LogP contribution in [0.3, 0.4) is 0 Å². The standard InChI is InChI=1S/C18H21N5O2/c19-18(25)15-8-10-22(11-9-15)17(24)7-6-16-13-23(21-20-16)12-14-4-2-1-3-5-14/h1-7,13,15H,8-12H2,(H2,19,25). The van der Waals surface area contributed by atoms with Gasteiger partial charge in [-0.15, -0.1) is 5.10 Å². The molecule has 0 saturated carbocycles. The molecule has 1 fully saturated rings. The maximum Gasteiger partial charge on any atom is 0.246 e. The van der Waals surface area contributed by atoms with E-state index in [0.29, 0.717) is 38.2 Å². The number of rotatable bonds is 5. The third kappa shape index (κ3) is 4.53. The number of hydrogen-bond donors (Lipinski definition) is 1. The van der Waals surface area contributed by atoms with E-state index in [-0.39, 0.29) is 17.7 Å². The minimum Gasteiger partial charge on any atom is -0.369 e. The summed E-state index contributed by atoms with van der Waals surface area (Å²) in [7, 11) is 0. The monoisotopic (exact) mass is 339 g/mol. The first-order valence-electron chi connectivity index (χ1n) is 8.32. The van der Waals surface area contributed by atoms with Gasteiger partial charge >= 0.3 is 0 Å². The summed E-state index contributed by atoms with van der Waals surface area (Å²) in [5.41, 5.74) is 7.08. The molecule has 2 aromatic rings. The van der Waals surface area contributed by atoms with Crippen molar-refractivity contribution in [3.63, 3.8) is 0 Å². The van der Waals surface area contributed by atoms with Crippen LogP contribution in [-0.2, 0) is 16.1 Å². The van der Waals surface area contributed by atoms with Gasteiger partial charge in [0, 0.05) is 25.1 Å². The van der Waals surface area contributed by atoms with E-state index >= 15 is 0 Å². The highest BCUT2D eigenvalue weighted by Crippen LogP contribution is 2.17. The highest BCUT2D eigenvalue weighted by Gasteiger charge is 2.24. The summed E-state index contributed by atoms with van der Waals surface area (Å²) >= 11 is 0. The average Bonchev–Trinajstić information content (AvgIpc) is 3.08. The molecule has 1 aromatic heterocycles. The van der Waals surface area contributed by atoms with Gasteiger partial charge in [-0.1, -0.05) is 35.5 Å². The van der Waals surface area contributed by atoms with Crippen molar-refractivity contribution < 1.29 is 9.59 Å². The molecule has 25 heavy (non-hydrogen) atoms. The maximum atomic E-state index is 12.2. The lowest BCUT2D eigenvalue weighted by molar-refractivity contribution is -0.130. The first-order chi connectivity index (χ1) is 12.1. The number of amides is 2. The van der Waals surface area contributed by atoms with E-state index in [1.807, 2.05) is 30.3 Å². The van der Waals surface area contributed by atoms with Crippen molar-refractivity contribution in [2.24, 2.45) is 11.7 Å². The lowest BCUT2D eigenvalue weighted by Crippen LogP contribution is -2.41. The molecule has 7 heteroatoms. The molecule has 2 amide bonds. The fourth-order valence-corrected chi connectivity index (χ4v) is 2.88. The molecule has 1 aliphatic heterocycles. The van der Waals surface area contributed by atoms with E-state index in [1.165, 1.54) is 6.08 Å². The van der Waals surface area contributed by atoms with Crippen LogP contribution in [-0.4, -0.2) is 44.8 Å². The van der Waals surface area contributed by atoms with E-state index < -0.39 is 0 Å². The zero-order chi connectivity index (χ0) is 17.6. The van der Waals surface area contributed by atoms with Crippen molar-refractivity contribution in [2.45, 2.75) is 19.4 Å². The molecule has 0 spiro atoms. The second-order valence-corrected chi connectivity index (χ2v) is 6.16. The normalized spacial score (nSPS) is 15.6. The van der Waals surface area contributed by atoms with Gasteiger partial charge in [0.1, 0.15) is 5.69 Å². The van der Waals surface area contributed by atoms with Crippen molar-refractivity contribution in [3.8, 4) is 0 Å². The molecule has 0 unspecified atom stereocenters. The molecular weight excluding hydrogens is 318 g/mol. The molecule has 1 aliphatic rings. The molecule has 7 nitrogen and oxygen atoms in total. The minimum absolute atomic E-state index is 0.0828. The Bertz CT molecular complexity index is 761. The van der Waals surface area contributed by atoms with E-state index in [9.17, 15) is 9.59 Å². The Morgan fingerprint density at radius 2 is 1.92 bits per heavy atom. The number of primary amides is 1. The largest absolute Gasteiger partial charge is 0.369 e. The summed E-state index contributed by atoms with van der Waals surface area (Å²) < 4.78 is 1.73.